The van der Waals surface area contributed by atoms with E-state index in [9.17, 15) is 4.79 Å². The highest BCUT2D eigenvalue weighted by Gasteiger charge is 2.19. The summed E-state index contributed by atoms with van der Waals surface area (Å²) in [5.41, 5.74) is 8.20. The minimum atomic E-state index is -0.233. The maximum absolute atomic E-state index is 12.8. The first kappa shape index (κ1) is 22.7. The van der Waals surface area contributed by atoms with Gasteiger partial charge in [0, 0.05) is 38.9 Å². The molecule has 0 saturated carbocycles. The lowest BCUT2D eigenvalue weighted by atomic mass is 9.96. The number of furan rings is 1. The fourth-order valence-electron chi connectivity index (χ4n) is 4.00. The molecule has 0 aliphatic rings. The smallest absolute Gasteiger partial charge is 0.248 e. The van der Waals surface area contributed by atoms with E-state index in [1.807, 2.05) is 32.9 Å². The van der Waals surface area contributed by atoms with Gasteiger partial charge < -0.3 is 14.5 Å². The normalized spacial score (nSPS) is 11.6. The van der Waals surface area contributed by atoms with Crippen LogP contribution in [0.4, 0.5) is 5.69 Å². The Hall–Kier alpha value is -3.50. The third-order valence-electron chi connectivity index (χ3n) is 5.84. The summed E-state index contributed by atoms with van der Waals surface area (Å²) >= 11 is 6.09. The summed E-state index contributed by atoms with van der Waals surface area (Å²) in [4.78, 5) is 12.8. The van der Waals surface area contributed by atoms with Gasteiger partial charge in [-0.1, -0.05) is 47.5 Å². The minimum absolute atomic E-state index is 0.233. The molecule has 0 fully saturated rings. The Morgan fingerprint density at radius 1 is 1.06 bits per heavy atom. The Bertz CT molecular complexity index is 1380. The van der Waals surface area contributed by atoms with Crippen molar-refractivity contribution in [1.29, 1.82) is 0 Å². The topological polar surface area (TPSA) is 51.5 Å². The fourth-order valence-corrected chi connectivity index (χ4v) is 4.17. The lowest BCUT2D eigenvalue weighted by molar-refractivity contribution is -0.111. The van der Waals surface area contributed by atoms with Gasteiger partial charge in [-0.15, -0.1) is 0 Å². The van der Waals surface area contributed by atoms with Crippen LogP contribution in [0.2, 0.25) is 5.02 Å². The SMILES string of the molecule is COc1c(/C(C)=C/C(=O)Nc2cc(Cl)ccc2C)cc2c(-c3ccc(C)cc3)coc2c1C. The first-order valence-corrected chi connectivity index (χ1v) is 11.1. The number of allylic oxidation sites excluding steroid dienone is 1. The highest BCUT2D eigenvalue weighted by molar-refractivity contribution is 6.31. The summed E-state index contributed by atoms with van der Waals surface area (Å²) in [6.45, 7) is 7.86. The zero-order valence-corrected chi connectivity index (χ0v) is 20.1. The Kier molecular flexibility index (Phi) is 6.30. The molecule has 1 amide bonds. The van der Waals surface area contributed by atoms with Crippen molar-refractivity contribution in [2.24, 2.45) is 0 Å². The van der Waals surface area contributed by atoms with Gasteiger partial charge in [0.25, 0.3) is 0 Å². The summed E-state index contributed by atoms with van der Waals surface area (Å²) < 4.78 is 11.7. The average Bonchev–Trinajstić information content (AvgIpc) is 3.21. The number of halogens is 1. The molecule has 0 aliphatic carbocycles. The zero-order valence-electron chi connectivity index (χ0n) is 19.4. The van der Waals surface area contributed by atoms with E-state index in [1.165, 1.54) is 5.56 Å². The molecule has 0 aliphatic heterocycles. The largest absolute Gasteiger partial charge is 0.496 e. The van der Waals surface area contributed by atoms with Crippen LogP contribution in [0.15, 0.2) is 65.3 Å². The van der Waals surface area contributed by atoms with Crippen LogP contribution in [-0.2, 0) is 4.79 Å². The Balaban J connectivity index is 1.76. The number of amides is 1. The number of nitrogens with one attached hydrogen (secondary N) is 1. The second-order valence-electron chi connectivity index (χ2n) is 8.25. The summed E-state index contributed by atoms with van der Waals surface area (Å²) in [7, 11) is 1.63. The molecule has 0 radical (unpaired) electrons. The fraction of sp³-hybridized carbons (Fsp3) is 0.179. The predicted octanol–water partition coefficient (Wildman–Crippen LogP) is 7.73. The second-order valence-corrected chi connectivity index (χ2v) is 8.69. The van der Waals surface area contributed by atoms with Gasteiger partial charge in [-0.3, -0.25) is 4.79 Å². The van der Waals surface area contributed by atoms with E-state index in [-0.39, 0.29) is 5.91 Å². The van der Waals surface area contributed by atoms with Gasteiger partial charge >= 0.3 is 0 Å². The number of hydrogen-bond donors (Lipinski definition) is 1. The molecule has 3 aromatic carbocycles. The molecule has 0 saturated heterocycles. The molecular formula is C28H26ClNO3. The molecule has 0 unspecified atom stereocenters. The van der Waals surface area contributed by atoms with Crippen molar-refractivity contribution in [2.45, 2.75) is 27.7 Å². The molecule has 4 aromatic rings. The number of hydrogen-bond acceptors (Lipinski definition) is 3. The predicted molar refractivity (Wildman–Crippen MR) is 136 cm³/mol. The molecule has 168 valence electrons. The Labute approximate surface area is 198 Å². The van der Waals surface area contributed by atoms with Crippen molar-refractivity contribution in [2.75, 3.05) is 12.4 Å². The lowest BCUT2D eigenvalue weighted by Gasteiger charge is -2.14. The third-order valence-corrected chi connectivity index (χ3v) is 6.08. The highest BCUT2D eigenvalue weighted by atomic mass is 35.5. The van der Waals surface area contributed by atoms with Crippen LogP contribution in [0.5, 0.6) is 5.75 Å². The number of methoxy groups -OCH3 is 1. The molecule has 0 spiro atoms. The highest BCUT2D eigenvalue weighted by Crippen LogP contribution is 2.40. The van der Waals surface area contributed by atoms with Crippen LogP contribution in [0, 0.1) is 20.8 Å². The minimum Gasteiger partial charge on any atom is -0.496 e. The van der Waals surface area contributed by atoms with Crippen LogP contribution in [0.25, 0.3) is 27.7 Å². The summed E-state index contributed by atoms with van der Waals surface area (Å²) in [5, 5.41) is 4.47. The van der Waals surface area contributed by atoms with Crippen LogP contribution in [0.1, 0.15) is 29.2 Å². The molecule has 0 bridgehead atoms. The first-order valence-electron chi connectivity index (χ1n) is 10.7. The van der Waals surface area contributed by atoms with E-state index >= 15 is 0 Å². The maximum Gasteiger partial charge on any atom is 0.248 e. The van der Waals surface area contributed by atoms with E-state index in [0.29, 0.717) is 16.5 Å². The van der Waals surface area contributed by atoms with Crippen LogP contribution in [-0.4, -0.2) is 13.0 Å². The van der Waals surface area contributed by atoms with Gasteiger partial charge in [0.1, 0.15) is 11.3 Å². The van der Waals surface area contributed by atoms with Gasteiger partial charge in [-0.2, -0.15) is 0 Å². The molecule has 5 heteroatoms. The first-order chi connectivity index (χ1) is 15.8. The van der Waals surface area contributed by atoms with E-state index in [2.05, 4.69) is 36.5 Å². The van der Waals surface area contributed by atoms with Crippen molar-refractivity contribution in [3.63, 3.8) is 0 Å². The van der Waals surface area contributed by atoms with Crippen molar-refractivity contribution >= 4 is 39.7 Å². The van der Waals surface area contributed by atoms with Gasteiger partial charge in [0.05, 0.1) is 13.4 Å². The zero-order chi connectivity index (χ0) is 23.7. The number of benzene rings is 3. The summed E-state index contributed by atoms with van der Waals surface area (Å²) in [6.07, 6.45) is 3.36. The summed E-state index contributed by atoms with van der Waals surface area (Å²) in [6, 6.07) is 15.8. The number of carbonyl (C=O) groups is 1. The van der Waals surface area contributed by atoms with Crippen LogP contribution in [0.3, 0.4) is 0 Å². The number of carbonyl (C=O) groups excluding carboxylic acids is 1. The number of fused-ring (bicyclic) bond motifs is 1. The van der Waals surface area contributed by atoms with Crippen LogP contribution < -0.4 is 10.1 Å². The number of rotatable bonds is 5. The molecule has 1 aromatic heterocycles. The summed E-state index contributed by atoms with van der Waals surface area (Å²) in [5.74, 6) is 0.455. The van der Waals surface area contributed by atoms with Gasteiger partial charge in [0.2, 0.25) is 5.91 Å². The quantitative estimate of drug-likeness (QED) is 0.310. The second kappa shape index (κ2) is 9.16. The van der Waals surface area contributed by atoms with Crippen molar-refractivity contribution < 1.29 is 13.9 Å². The number of aryl methyl sites for hydroxylation is 3. The van der Waals surface area contributed by atoms with Gasteiger partial charge in [0.15, 0.2) is 0 Å². The van der Waals surface area contributed by atoms with Crippen LogP contribution >= 0.6 is 11.6 Å². The van der Waals surface area contributed by atoms with E-state index in [1.54, 1.807) is 31.6 Å². The monoisotopic (exact) mass is 459 g/mol. The Morgan fingerprint density at radius 2 is 1.79 bits per heavy atom. The third kappa shape index (κ3) is 4.53. The molecule has 33 heavy (non-hydrogen) atoms. The maximum atomic E-state index is 12.8. The van der Waals surface area contributed by atoms with Crippen molar-refractivity contribution in [1.82, 2.24) is 0 Å². The Morgan fingerprint density at radius 3 is 2.48 bits per heavy atom. The van der Waals surface area contributed by atoms with E-state index < -0.39 is 0 Å². The van der Waals surface area contributed by atoms with Crippen molar-refractivity contribution in [3.05, 3.63) is 88.1 Å². The average molecular weight is 460 g/mol. The number of anilines is 1. The van der Waals surface area contributed by atoms with Gasteiger partial charge in [-0.25, -0.2) is 0 Å². The number of ether oxygens (including phenoxy) is 1. The van der Waals surface area contributed by atoms with Crippen molar-refractivity contribution in [3.8, 4) is 16.9 Å². The lowest BCUT2D eigenvalue weighted by Crippen LogP contribution is -2.10. The van der Waals surface area contributed by atoms with Gasteiger partial charge in [-0.05, 0) is 62.6 Å². The molecule has 0 atom stereocenters. The van der Waals surface area contributed by atoms with E-state index in [0.717, 1.165) is 44.4 Å². The standard InChI is InChI=1S/C28H26ClNO3/c1-16-6-9-20(10-7-16)24-15-33-28-19(4)27(32-5)22(14-23(24)28)18(3)12-26(31)30-25-13-21(29)11-8-17(25)2/h6-15H,1-5H3,(H,30,31)/b18-12+. The molecule has 1 heterocycles. The molecular weight excluding hydrogens is 434 g/mol. The molecule has 1 N–H and O–H groups in total. The molecule has 4 nitrogen and oxygen atoms in total. The molecule has 4 rings (SSSR count). The van der Waals surface area contributed by atoms with E-state index in [4.69, 9.17) is 20.8 Å².